The summed E-state index contributed by atoms with van der Waals surface area (Å²) in [6.07, 6.45) is 8.37. The van der Waals surface area contributed by atoms with Crippen LogP contribution in [-0.2, 0) is 33.4 Å². The molecule has 0 aromatic carbocycles. The van der Waals surface area contributed by atoms with E-state index in [-0.39, 0.29) is 59.0 Å². The first-order valence-electron chi connectivity index (χ1n) is 14.4. The van der Waals surface area contributed by atoms with Crippen molar-refractivity contribution < 1.29 is 33.4 Å². The van der Waals surface area contributed by atoms with Gasteiger partial charge in [-0.3, -0.25) is 14.4 Å². The third-order valence-corrected chi connectivity index (χ3v) is 12.9. The zero-order valence-electron chi connectivity index (χ0n) is 23.0. The van der Waals surface area contributed by atoms with E-state index in [1.807, 2.05) is 6.92 Å². The number of epoxide rings is 1. The third-order valence-electron chi connectivity index (χ3n) is 12.9. The fourth-order valence-electron chi connectivity index (χ4n) is 11.2. The van der Waals surface area contributed by atoms with E-state index < -0.39 is 17.0 Å². The maximum atomic E-state index is 13.6. The molecule has 0 bridgehead atoms. The second-order valence-electron chi connectivity index (χ2n) is 13.7. The highest BCUT2D eigenvalue weighted by atomic mass is 16.6. The first-order valence-corrected chi connectivity index (χ1v) is 14.4. The Bertz CT molecular complexity index is 1250. The number of hydrogen-bond donors (Lipinski definition) is 0. The second-order valence-corrected chi connectivity index (χ2v) is 13.7. The third kappa shape index (κ3) is 2.56. The van der Waals surface area contributed by atoms with Crippen LogP contribution in [0.2, 0.25) is 0 Å². The average Bonchev–Trinajstić information content (AvgIpc) is 3.67. The summed E-state index contributed by atoms with van der Waals surface area (Å²) < 4.78 is 17.3. The van der Waals surface area contributed by atoms with Gasteiger partial charge in [0.05, 0.1) is 17.1 Å². The summed E-state index contributed by atoms with van der Waals surface area (Å²) in [5.74, 6) is 0.955. The average molecular weight is 523 g/mol. The van der Waals surface area contributed by atoms with Gasteiger partial charge in [-0.25, -0.2) is 4.79 Å². The molecule has 204 valence electrons. The number of ketones is 2. The fourth-order valence-corrected chi connectivity index (χ4v) is 11.2. The van der Waals surface area contributed by atoms with Crippen molar-refractivity contribution in [3.05, 3.63) is 23.3 Å². The predicted molar refractivity (Wildman–Crippen MR) is 135 cm³/mol. The molecule has 1 saturated heterocycles. The van der Waals surface area contributed by atoms with Gasteiger partial charge in [0.25, 0.3) is 0 Å². The maximum absolute atomic E-state index is 13.6. The molecule has 0 radical (unpaired) electrons. The van der Waals surface area contributed by atoms with E-state index in [4.69, 9.17) is 14.2 Å². The van der Waals surface area contributed by atoms with Gasteiger partial charge in [0, 0.05) is 13.3 Å². The molecule has 11 atom stereocenters. The van der Waals surface area contributed by atoms with Gasteiger partial charge in [-0.05, 0) is 91.6 Å². The van der Waals surface area contributed by atoms with Gasteiger partial charge < -0.3 is 14.2 Å². The molecule has 5 aliphatic carbocycles. The molecule has 0 amide bonds. The summed E-state index contributed by atoms with van der Waals surface area (Å²) in [6, 6.07) is 0. The van der Waals surface area contributed by atoms with Gasteiger partial charge in [0.2, 0.25) is 0 Å². The molecule has 5 fully saturated rings. The van der Waals surface area contributed by atoms with E-state index in [0.29, 0.717) is 29.7 Å². The largest absolute Gasteiger partial charge is 0.461 e. The van der Waals surface area contributed by atoms with Gasteiger partial charge in [-0.2, -0.15) is 0 Å². The van der Waals surface area contributed by atoms with Crippen molar-refractivity contribution in [2.75, 3.05) is 6.61 Å². The summed E-state index contributed by atoms with van der Waals surface area (Å²) in [5.41, 5.74) is -0.197. The lowest BCUT2D eigenvalue weighted by atomic mass is 9.49. The van der Waals surface area contributed by atoms with Gasteiger partial charge in [-0.15, -0.1) is 0 Å². The summed E-state index contributed by atoms with van der Waals surface area (Å²) in [4.78, 5) is 50.8. The van der Waals surface area contributed by atoms with E-state index in [1.54, 1.807) is 0 Å². The van der Waals surface area contributed by atoms with Crippen LogP contribution in [0.15, 0.2) is 23.3 Å². The lowest BCUT2D eigenvalue weighted by Crippen LogP contribution is -2.56. The Balaban J connectivity index is 1.15. The Kier molecular flexibility index (Phi) is 4.86. The lowest BCUT2D eigenvalue weighted by Gasteiger charge is -2.54. The van der Waals surface area contributed by atoms with Crippen molar-refractivity contribution in [1.82, 2.24) is 0 Å². The van der Waals surface area contributed by atoms with Crippen LogP contribution >= 0.6 is 0 Å². The highest BCUT2D eigenvalue weighted by molar-refractivity contribution is 6.17. The van der Waals surface area contributed by atoms with Crippen LogP contribution in [0.25, 0.3) is 0 Å². The van der Waals surface area contributed by atoms with Crippen LogP contribution in [0.3, 0.4) is 0 Å². The molecule has 7 rings (SSSR count). The minimum atomic E-state index is -0.891. The molecule has 0 aromatic heterocycles. The minimum Gasteiger partial charge on any atom is -0.461 e. The summed E-state index contributed by atoms with van der Waals surface area (Å²) in [7, 11) is 0. The van der Waals surface area contributed by atoms with Crippen LogP contribution < -0.4 is 0 Å². The number of hydrogen-bond acceptors (Lipinski definition) is 7. The van der Waals surface area contributed by atoms with Crippen LogP contribution in [0.5, 0.6) is 0 Å². The number of carbonyl (C=O) groups is 4. The Morgan fingerprint density at radius 3 is 2.58 bits per heavy atom. The smallest absolute Gasteiger partial charge is 0.337 e. The van der Waals surface area contributed by atoms with Crippen LogP contribution in [0.4, 0.5) is 0 Å². The van der Waals surface area contributed by atoms with E-state index in [1.165, 1.54) is 19.1 Å². The Labute approximate surface area is 223 Å². The predicted octanol–water partition coefficient (Wildman–Crippen LogP) is 4.13. The van der Waals surface area contributed by atoms with Crippen molar-refractivity contribution in [3.63, 3.8) is 0 Å². The highest BCUT2D eigenvalue weighted by Crippen LogP contribution is 2.91. The molecule has 7 nitrogen and oxygen atoms in total. The van der Waals surface area contributed by atoms with E-state index in [2.05, 4.69) is 20.8 Å². The highest BCUT2D eigenvalue weighted by Gasteiger charge is 2.97. The molecule has 0 N–H and O–H groups in total. The SMILES string of the molecule is CC(=O)OCC1=C(C)CC(C(C)C2CCC3C4CC5OC56C(=O)C=CC(=O)C65C(C)C45CCC23C)OC1=O. The zero-order valence-corrected chi connectivity index (χ0v) is 23.0. The minimum absolute atomic E-state index is 0.00569. The number of ether oxygens (including phenoxy) is 3. The zero-order chi connectivity index (χ0) is 27.0. The first-order chi connectivity index (χ1) is 18.0. The van der Waals surface area contributed by atoms with Crippen LogP contribution in [0.1, 0.15) is 73.1 Å². The van der Waals surface area contributed by atoms with Crippen molar-refractivity contribution >= 4 is 23.5 Å². The van der Waals surface area contributed by atoms with Crippen molar-refractivity contribution in [2.24, 2.45) is 45.8 Å². The monoisotopic (exact) mass is 522 g/mol. The fraction of sp³-hybridized carbons (Fsp3) is 0.742. The van der Waals surface area contributed by atoms with Gasteiger partial charge in [0.15, 0.2) is 17.2 Å². The van der Waals surface area contributed by atoms with Crippen molar-refractivity contribution in [3.8, 4) is 0 Å². The number of esters is 2. The Morgan fingerprint density at radius 1 is 1.13 bits per heavy atom. The summed E-state index contributed by atoms with van der Waals surface area (Å²) in [6.45, 7) is 10.1. The summed E-state index contributed by atoms with van der Waals surface area (Å²) >= 11 is 0. The normalized spacial score (nSPS) is 50.7. The molecule has 38 heavy (non-hydrogen) atoms. The first kappa shape index (κ1) is 24.7. The number of fused-ring (bicyclic) bond motifs is 2. The van der Waals surface area contributed by atoms with Crippen LogP contribution in [-0.4, -0.2) is 47.9 Å². The van der Waals surface area contributed by atoms with Gasteiger partial charge >= 0.3 is 11.9 Å². The molecule has 11 unspecified atom stereocenters. The number of allylic oxidation sites excluding steroid dienone is 1. The molecule has 0 aromatic rings. The quantitative estimate of drug-likeness (QED) is 0.404. The molecular formula is C31H38O7. The van der Waals surface area contributed by atoms with Crippen LogP contribution in [0, 0.1) is 45.8 Å². The van der Waals surface area contributed by atoms with E-state index >= 15 is 0 Å². The van der Waals surface area contributed by atoms with Gasteiger partial charge in [-0.1, -0.05) is 26.3 Å². The Morgan fingerprint density at radius 2 is 1.87 bits per heavy atom. The number of cyclic esters (lactones) is 1. The lowest BCUT2D eigenvalue weighted by molar-refractivity contribution is -0.153. The standard InChI is InChI=1S/C31H38O7/c1-15-12-23(37-27(35)19(15)14-36-18(4)32)16(2)20-6-7-21-22-13-26-31(38-26)25(34)9-8-24(33)30(31)17(3)29(22,30)11-10-28(20,21)5/h8-9,16-17,20-23,26H,6-7,10-14H2,1-5H3. The second kappa shape index (κ2) is 7.47. The molecular weight excluding hydrogens is 484 g/mol. The maximum Gasteiger partial charge on any atom is 0.337 e. The van der Waals surface area contributed by atoms with Gasteiger partial charge in [0.1, 0.15) is 12.7 Å². The van der Waals surface area contributed by atoms with E-state index in [9.17, 15) is 19.2 Å². The molecule has 4 saturated carbocycles. The Hall–Kier alpha value is -2.28. The number of carbonyl (C=O) groups excluding carboxylic acids is 4. The molecule has 2 aliphatic heterocycles. The topological polar surface area (TPSA) is 99.3 Å². The van der Waals surface area contributed by atoms with E-state index in [0.717, 1.165) is 37.7 Å². The molecule has 7 heteroatoms. The number of rotatable bonds is 4. The van der Waals surface area contributed by atoms with Crippen molar-refractivity contribution in [2.45, 2.75) is 91.0 Å². The van der Waals surface area contributed by atoms with Crippen molar-refractivity contribution in [1.29, 1.82) is 0 Å². The molecule has 3 spiro atoms. The molecule has 2 heterocycles. The summed E-state index contributed by atoms with van der Waals surface area (Å²) in [5, 5.41) is 0. The molecule has 7 aliphatic rings.